The minimum Gasteiger partial charge on any atom is -0.382 e. The highest BCUT2D eigenvalue weighted by Crippen LogP contribution is 2.11. The standard InChI is InChI=1S/C12H19N3.H2/c1-8(2)11-6-14-12(7-13-11)10(5)15-9(3)4;/h6-9,15H,5H2,1-4H3;1H. The fourth-order valence-corrected chi connectivity index (χ4v) is 1.21. The molecule has 84 valence electrons. The Kier molecular flexibility index (Phi) is 3.83. The molecule has 0 bridgehead atoms. The molecule has 0 aliphatic rings. The Hall–Kier alpha value is -1.38. The molecule has 1 rings (SSSR count). The summed E-state index contributed by atoms with van der Waals surface area (Å²) < 4.78 is 0. The van der Waals surface area contributed by atoms with Crippen molar-refractivity contribution in [2.75, 3.05) is 0 Å². The Morgan fingerprint density at radius 1 is 1.27 bits per heavy atom. The molecule has 0 spiro atoms. The Morgan fingerprint density at radius 2 is 1.93 bits per heavy atom. The van der Waals surface area contributed by atoms with Crippen LogP contribution in [0.25, 0.3) is 5.70 Å². The second-order valence-electron chi connectivity index (χ2n) is 4.26. The molecule has 0 aromatic carbocycles. The van der Waals surface area contributed by atoms with E-state index >= 15 is 0 Å². The number of nitrogens with one attached hydrogen (secondary N) is 1. The van der Waals surface area contributed by atoms with Gasteiger partial charge < -0.3 is 5.32 Å². The third kappa shape index (κ3) is 3.35. The zero-order valence-corrected chi connectivity index (χ0v) is 9.91. The maximum atomic E-state index is 4.34. The van der Waals surface area contributed by atoms with Crippen LogP contribution in [0.4, 0.5) is 0 Å². The van der Waals surface area contributed by atoms with E-state index in [2.05, 4.69) is 49.6 Å². The van der Waals surface area contributed by atoms with Gasteiger partial charge in [-0.1, -0.05) is 20.4 Å². The van der Waals surface area contributed by atoms with Gasteiger partial charge in [-0.3, -0.25) is 9.97 Å². The van der Waals surface area contributed by atoms with Gasteiger partial charge in [-0.25, -0.2) is 0 Å². The second-order valence-corrected chi connectivity index (χ2v) is 4.26. The normalized spacial score (nSPS) is 10.8. The Balaban J connectivity index is 0.00000225. The quantitative estimate of drug-likeness (QED) is 0.825. The van der Waals surface area contributed by atoms with Crippen LogP contribution in [0.2, 0.25) is 0 Å². The van der Waals surface area contributed by atoms with Crippen LogP contribution in [0.15, 0.2) is 19.0 Å². The number of hydrogen-bond donors (Lipinski definition) is 1. The van der Waals surface area contributed by atoms with Gasteiger partial charge in [0, 0.05) is 13.7 Å². The number of rotatable bonds is 4. The lowest BCUT2D eigenvalue weighted by Gasteiger charge is -2.12. The Bertz CT molecular complexity index is 331. The summed E-state index contributed by atoms with van der Waals surface area (Å²) in [5.74, 6) is 0.415. The molecule has 15 heavy (non-hydrogen) atoms. The smallest absolute Gasteiger partial charge is 0.104 e. The third-order valence-corrected chi connectivity index (χ3v) is 2.04. The van der Waals surface area contributed by atoms with E-state index in [1.807, 2.05) is 6.20 Å². The van der Waals surface area contributed by atoms with E-state index in [0.29, 0.717) is 12.0 Å². The van der Waals surface area contributed by atoms with Crippen molar-refractivity contribution in [2.24, 2.45) is 0 Å². The molecule has 3 heteroatoms. The summed E-state index contributed by atoms with van der Waals surface area (Å²) in [4.78, 5) is 8.67. The van der Waals surface area contributed by atoms with Gasteiger partial charge in [0.05, 0.1) is 17.6 Å². The van der Waals surface area contributed by atoms with Gasteiger partial charge in [0.2, 0.25) is 0 Å². The first-order chi connectivity index (χ1) is 7.00. The predicted octanol–water partition coefficient (Wildman–Crippen LogP) is 2.81. The van der Waals surface area contributed by atoms with Gasteiger partial charge in [0.1, 0.15) is 5.69 Å². The van der Waals surface area contributed by atoms with Crippen molar-refractivity contribution in [3.63, 3.8) is 0 Å². The summed E-state index contributed by atoms with van der Waals surface area (Å²) >= 11 is 0. The van der Waals surface area contributed by atoms with Crippen molar-refractivity contribution in [3.05, 3.63) is 30.4 Å². The summed E-state index contributed by atoms with van der Waals surface area (Å²) in [6.45, 7) is 12.3. The van der Waals surface area contributed by atoms with Crippen molar-refractivity contribution in [1.29, 1.82) is 0 Å². The molecule has 1 N–H and O–H groups in total. The van der Waals surface area contributed by atoms with E-state index in [1.165, 1.54) is 0 Å². The molecule has 0 fully saturated rings. The second kappa shape index (κ2) is 4.91. The number of hydrogen-bond acceptors (Lipinski definition) is 3. The summed E-state index contributed by atoms with van der Waals surface area (Å²) in [5.41, 5.74) is 2.65. The Morgan fingerprint density at radius 3 is 2.33 bits per heavy atom. The van der Waals surface area contributed by atoms with Crippen molar-refractivity contribution in [3.8, 4) is 0 Å². The van der Waals surface area contributed by atoms with Gasteiger partial charge in [-0.15, -0.1) is 0 Å². The molecule has 0 saturated heterocycles. The monoisotopic (exact) mass is 207 g/mol. The van der Waals surface area contributed by atoms with Crippen LogP contribution in [0.5, 0.6) is 0 Å². The first-order valence-corrected chi connectivity index (χ1v) is 5.28. The summed E-state index contributed by atoms with van der Waals surface area (Å²) in [6.07, 6.45) is 3.58. The maximum Gasteiger partial charge on any atom is 0.104 e. The minimum absolute atomic E-state index is 0. The van der Waals surface area contributed by atoms with E-state index in [9.17, 15) is 0 Å². The van der Waals surface area contributed by atoms with Gasteiger partial charge >= 0.3 is 0 Å². The van der Waals surface area contributed by atoms with E-state index in [0.717, 1.165) is 17.1 Å². The van der Waals surface area contributed by atoms with Crippen molar-refractivity contribution < 1.29 is 1.43 Å². The summed E-state index contributed by atoms with van der Waals surface area (Å²) in [7, 11) is 0. The highest BCUT2D eigenvalue weighted by molar-refractivity contribution is 5.57. The number of aromatic nitrogens is 2. The molecule has 0 aliphatic heterocycles. The van der Waals surface area contributed by atoms with Crippen molar-refractivity contribution >= 4 is 5.70 Å². The largest absolute Gasteiger partial charge is 0.382 e. The molecule has 0 unspecified atom stereocenters. The van der Waals surface area contributed by atoms with E-state index in [4.69, 9.17) is 0 Å². The predicted molar refractivity (Wildman–Crippen MR) is 65.5 cm³/mol. The van der Waals surface area contributed by atoms with Crippen LogP contribution >= 0.6 is 0 Å². The average molecular weight is 207 g/mol. The third-order valence-electron chi connectivity index (χ3n) is 2.04. The molecule has 1 aromatic rings. The molecular weight excluding hydrogens is 186 g/mol. The van der Waals surface area contributed by atoms with E-state index in [-0.39, 0.29) is 1.43 Å². The molecule has 0 atom stereocenters. The highest BCUT2D eigenvalue weighted by atomic mass is 14.9. The fourth-order valence-electron chi connectivity index (χ4n) is 1.21. The minimum atomic E-state index is 0. The van der Waals surface area contributed by atoms with Gasteiger partial charge in [0.15, 0.2) is 0 Å². The number of nitrogens with zero attached hydrogens (tertiary/aromatic N) is 2. The van der Waals surface area contributed by atoms with Crippen LogP contribution in [-0.2, 0) is 0 Å². The molecule has 0 aliphatic carbocycles. The lowest BCUT2D eigenvalue weighted by Crippen LogP contribution is -2.21. The zero-order chi connectivity index (χ0) is 11.4. The molecule has 0 amide bonds. The SMILES string of the molecule is C=C(NC(C)C)c1cnc(C(C)C)cn1.[HH]. The van der Waals surface area contributed by atoms with Gasteiger partial charge in [0.25, 0.3) is 0 Å². The lowest BCUT2D eigenvalue weighted by atomic mass is 10.1. The molecular formula is C12H21N3. The molecule has 1 heterocycles. The molecule has 3 nitrogen and oxygen atoms in total. The molecule has 1 aromatic heterocycles. The Labute approximate surface area is 93.1 Å². The first kappa shape index (κ1) is 11.7. The molecule has 0 radical (unpaired) electrons. The molecule has 0 saturated carbocycles. The summed E-state index contributed by atoms with van der Waals surface area (Å²) in [6, 6.07) is 0.365. The highest BCUT2D eigenvalue weighted by Gasteiger charge is 2.04. The zero-order valence-electron chi connectivity index (χ0n) is 9.91. The van der Waals surface area contributed by atoms with Gasteiger partial charge in [-0.2, -0.15) is 0 Å². The van der Waals surface area contributed by atoms with E-state index in [1.54, 1.807) is 6.20 Å². The van der Waals surface area contributed by atoms with Crippen LogP contribution in [0.1, 0.15) is 46.4 Å². The van der Waals surface area contributed by atoms with Crippen LogP contribution in [0, 0.1) is 0 Å². The summed E-state index contributed by atoms with van der Waals surface area (Å²) in [5, 5.41) is 3.21. The topological polar surface area (TPSA) is 37.8 Å². The first-order valence-electron chi connectivity index (χ1n) is 5.28. The van der Waals surface area contributed by atoms with Crippen LogP contribution in [-0.4, -0.2) is 16.0 Å². The van der Waals surface area contributed by atoms with Crippen molar-refractivity contribution in [1.82, 2.24) is 15.3 Å². The van der Waals surface area contributed by atoms with Gasteiger partial charge in [-0.05, 0) is 19.8 Å². The van der Waals surface area contributed by atoms with Crippen LogP contribution < -0.4 is 5.32 Å². The lowest BCUT2D eigenvalue weighted by molar-refractivity contribution is 0.714. The maximum absolute atomic E-state index is 4.34. The fraction of sp³-hybridized carbons (Fsp3) is 0.500. The van der Waals surface area contributed by atoms with Crippen LogP contribution in [0.3, 0.4) is 0 Å². The van der Waals surface area contributed by atoms with E-state index < -0.39 is 0 Å². The average Bonchev–Trinajstić information content (AvgIpc) is 2.17. The van der Waals surface area contributed by atoms with Crippen molar-refractivity contribution in [2.45, 2.75) is 39.7 Å².